The number of ketones is 1. The van der Waals surface area contributed by atoms with Crippen molar-refractivity contribution in [1.29, 1.82) is 0 Å². The summed E-state index contributed by atoms with van der Waals surface area (Å²) in [4.78, 5) is 13.2. The number of carbonyl (C=O) groups is 1. The second kappa shape index (κ2) is 15.8. The summed E-state index contributed by atoms with van der Waals surface area (Å²) in [5, 5.41) is 34.4. The van der Waals surface area contributed by atoms with E-state index in [4.69, 9.17) is 18.4 Å². The molecule has 0 amide bonds. The van der Waals surface area contributed by atoms with Crippen molar-refractivity contribution in [3.8, 4) is 0 Å². The molecule has 8 fully saturated rings. The highest BCUT2D eigenvalue weighted by Crippen LogP contribution is 2.73. The molecule has 4 unspecified atom stereocenters. The van der Waals surface area contributed by atoms with Gasteiger partial charge in [-0.25, -0.2) is 4.18 Å². The van der Waals surface area contributed by atoms with E-state index in [1.807, 2.05) is 27.7 Å². The molecule has 4 bridgehead atoms. The van der Waals surface area contributed by atoms with Gasteiger partial charge in [0, 0.05) is 27.6 Å². The number of allylic oxidation sites excluding steroid dienone is 4. The van der Waals surface area contributed by atoms with Crippen molar-refractivity contribution in [2.24, 2.45) is 79.8 Å². The van der Waals surface area contributed by atoms with Crippen LogP contribution in [0.3, 0.4) is 0 Å². The number of fused-ring (bicyclic) bond motifs is 10. The molecule has 4 heterocycles. The minimum atomic E-state index is -4.81. The number of aliphatic hydroxyl groups is 3. The molecule has 4 aliphatic heterocycles. The minimum absolute atomic E-state index is 0.0325. The Bertz CT molecular complexity index is 2420. The topological polar surface area (TPSA) is 169 Å². The van der Waals surface area contributed by atoms with Gasteiger partial charge < -0.3 is 29.5 Å². The summed E-state index contributed by atoms with van der Waals surface area (Å²) in [5.41, 5.74) is 3.71. The molecule has 12 heteroatoms. The average Bonchev–Trinajstić information content (AvgIpc) is 3.84. The fraction of sp³-hybridized carbons (Fsp3) is 0.879. The highest BCUT2D eigenvalue weighted by atomic mass is 32.3. The van der Waals surface area contributed by atoms with Crippen LogP contribution in [0, 0.1) is 79.8 Å². The van der Waals surface area contributed by atoms with Gasteiger partial charge in [-0.2, -0.15) is 8.42 Å². The van der Waals surface area contributed by atoms with Gasteiger partial charge in [-0.05, 0) is 190 Å². The third-order valence-electron chi connectivity index (χ3n) is 24.2. The van der Waals surface area contributed by atoms with Crippen molar-refractivity contribution < 1.29 is 51.5 Å². The van der Waals surface area contributed by atoms with Crippen LogP contribution in [0.15, 0.2) is 33.9 Å². The predicted molar refractivity (Wildman–Crippen MR) is 266 cm³/mol. The van der Waals surface area contributed by atoms with Crippen LogP contribution >= 0.6 is 0 Å². The highest BCUT2D eigenvalue weighted by Gasteiger charge is 2.74. The fourth-order valence-electron chi connectivity index (χ4n) is 21.0. The van der Waals surface area contributed by atoms with Crippen molar-refractivity contribution in [2.75, 3.05) is 6.61 Å². The molecule has 12 aliphatic rings. The Labute approximate surface area is 419 Å². The summed E-state index contributed by atoms with van der Waals surface area (Å²) < 4.78 is 61.9. The van der Waals surface area contributed by atoms with Crippen LogP contribution in [0.5, 0.6) is 0 Å². The van der Waals surface area contributed by atoms with Crippen LogP contribution in [0.4, 0.5) is 0 Å². The first-order valence-electron chi connectivity index (χ1n) is 27.8. The smallest absolute Gasteiger partial charge is 0.387 e. The number of Topliss-reactive ketones (excluding diaryl/α,β-unsaturated/α-hetero) is 1. The van der Waals surface area contributed by atoms with E-state index in [0.29, 0.717) is 42.4 Å². The van der Waals surface area contributed by atoms with Gasteiger partial charge in [0.15, 0.2) is 11.6 Å². The second-order valence-electron chi connectivity index (χ2n) is 28.4. The SMILES string of the molecule is CC([C@H]1CCC2C3=C(CC[C@@]21C)[C@@]12CO[C@](O)([C@@H](O)C1)C(C)(C)C2[C@@H](OS(=O)(=O)O)C3)[C@H]1C[C@@H]2C[C@@](C)(OC2(C)C)[C@H](CC[C@@H](C)[C@H]2CCC3C4=C(CC[C@@]32C)[C@@]2(C)C[C@H](O)C(=O)C(C)(C)C2=CC4)O1. The minimum Gasteiger partial charge on any atom is -0.387 e. The van der Waals surface area contributed by atoms with Crippen LogP contribution in [0.1, 0.15) is 186 Å². The monoisotopic (exact) mass is 993 g/mol. The van der Waals surface area contributed by atoms with Crippen molar-refractivity contribution in [2.45, 2.75) is 233 Å². The lowest BCUT2D eigenvalue weighted by Crippen LogP contribution is -2.76. The van der Waals surface area contributed by atoms with E-state index in [9.17, 15) is 33.1 Å². The van der Waals surface area contributed by atoms with Crippen LogP contribution in [0.25, 0.3) is 0 Å². The lowest BCUT2D eigenvalue weighted by Gasteiger charge is -2.69. The van der Waals surface area contributed by atoms with Gasteiger partial charge in [0.05, 0.1) is 36.1 Å². The van der Waals surface area contributed by atoms with E-state index < -0.39 is 56.7 Å². The maximum atomic E-state index is 13.2. The van der Waals surface area contributed by atoms with Crippen molar-refractivity contribution >= 4 is 16.2 Å². The van der Waals surface area contributed by atoms with Gasteiger partial charge in [0.1, 0.15) is 12.2 Å². The number of rotatable bonds is 8. The summed E-state index contributed by atoms with van der Waals surface area (Å²) in [6, 6.07) is 0. The normalized spacial score (nSPS) is 50.5. The quantitative estimate of drug-likeness (QED) is 0.135. The van der Waals surface area contributed by atoms with E-state index in [2.05, 4.69) is 61.5 Å². The summed E-state index contributed by atoms with van der Waals surface area (Å²) >= 11 is 0. The molecule has 0 aromatic heterocycles. The van der Waals surface area contributed by atoms with E-state index in [-0.39, 0.29) is 70.3 Å². The molecule has 11 nitrogen and oxygen atoms in total. The molecule has 392 valence electrons. The van der Waals surface area contributed by atoms with Gasteiger partial charge in [-0.1, -0.05) is 82.4 Å². The van der Waals surface area contributed by atoms with Gasteiger partial charge in [-0.15, -0.1) is 0 Å². The first-order chi connectivity index (χ1) is 32.4. The largest absolute Gasteiger partial charge is 0.397 e. The van der Waals surface area contributed by atoms with E-state index in [1.54, 1.807) is 5.57 Å². The molecule has 0 aromatic carbocycles. The van der Waals surface area contributed by atoms with Crippen molar-refractivity contribution in [3.63, 3.8) is 0 Å². The molecule has 4 saturated carbocycles. The van der Waals surface area contributed by atoms with Crippen LogP contribution in [-0.4, -0.2) is 88.2 Å². The Morgan fingerprint density at radius 1 is 0.843 bits per heavy atom. The average molecular weight is 993 g/mol. The molecule has 1 spiro atoms. The Morgan fingerprint density at radius 3 is 2.16 bits per heavy atom. The molecule has 0 aromatic rings. The molecule has 70 heavy (non-hydrogen) atoms. The fourth-order valence-corrected chi connectivity index (χ4v) is 21.5. The Balaban J connectivity index is 0.828. The van der Waals surface area contributed by atoms with Crippen LogP contribution < -0.4 is 0 Å². The Morgan fingerprint density at radius 2 is 1.49 bits per heavy atom. The molecule has 19 atom stereocenters. The lowest BCUT2D eigenvalue weighted by atomic mass is 9.42. The predicted octanol–water partition coefficient (Wildman–Crippen LogP) is 10.4. The van der Waals surface area contributed by atoms with Gasteiger partial charge >= 0.3 is 10.4 Å². The van der Waals surface area contributed by atoms with Crippen LogP contribution in [-0.2, 0) is 33.6 Å². The standard InChI is InChI=1S/C58H88O11S/c1-31(36-15-17-38-34-14-19-45-50(3,4)49(61)42(59)28-55(45,11)40(34)21-23-53(36,38)9)13-20-47-56(12)27-33(52(7,8)69-56)25-43(67-47)32(2)37-16-18-39-35-26-44(68-70(63,64)65)48-51(5,6)58(62)46(60)29-57(48,30-66-58)41(35)22-24-54(37,39)10/h19,31-33,36-39,42-44,46-48,59-60,62H,13-18,20-30H2,1-12H3,(H,63,64,65)/t31-,32?,33-,36-,37-,38?,39?,42+,43-,44+,46+,47+,48?,53-,54-,55-,56-,57+,58-/m1/s1. The molecule has 8 aliphatic carbocycles. The number of hydrogen-bond donors (Lipinski definition) is 4. The van der Waals surface area contributed by atoms with E-state index >= 15 is 0 Å². The number of carbonyl (C=O) groups excluding carboxylic acids is 1. The zero-order valence-electron chi connectivity index (χ0n) is 44.7. The molecule has 4 saturated heterocycles. The summed E-state index contributed by atoms with van der Waals surface area (Å²) in [6.45, 7) is 27.1. The zero-order valence-corrected chi connectivity index (χ0v) is 45.5. The van der Waals surface area contributed by atoms with E-state index in [0.717, 1.165) is 70.6 Å². The second-order valence-corrected chi connectivity index (χ2v) is 29.5. The molecule has 4 N–H and O–H groups in total. The van der Waals surface area contributed by atoms with Crippen molar-refractivity contribution in [3.05, 3.63) is 33.9 Å². The van der Waals surface area contributed by atoms with Crippen LogP contribution in [0.2, 0.25) is 0 Å². The number of hydrogen-bond acceptors (Lipinski definition) is 10. The van der Waals surface area contributed by atoms with Crippen molar-refractivity contribution in [1.82, 2.24) is 0 Å². The summed E-state index contributed by atoms with van der Waals surface area (Å²) in [6.07, 6.45) is 14.0. The van der Waals surface area contributed by atoms with Gasteiger partial charge in [0.2, 0.25) is 0 Å². The first kappa shape index (κ1) is 50.7. The van der Waals surface area contributed by atoms with Gasteiger partial charge in [0.25, 0.3) is 0 Å². The maximum Gasteiger partial charge on any atom is 0.397 e. The maximum absolute atomic E-state index is 13.2. The number of ether oxygens (including phenoxy) is 3. The van der Waals surface area contributed by atoms with E-state index in [1.165, 1.54) is 35.1 Å². The lowest BCUT2D eigenvalue weighted by molar-refractivity contribution is -0.408. The molecule has 12 rings (SSSR count). The number of aliphatic hydroxyl groups excluding tert-OH is 2. The zero-order chi connectivity index (χ0) is 50.5. The third-order valence-corrected chi connectivity index (χ3v) is 24.7. The Kier molecular flexibility index (Phi) is 11.4. The first-order valence-corrected chi connectivity index (χ1v) is 29.2. The summed E-state index contributed by atoms with van der Waals surface area (Å²) in [5.74, 6) is 0.509. The summed E-state index contributed by atoms with van der Waals surface area (Å²) in [7, 11) is -4.81. The van der Waals surface area contributed by atoms with Gasteiger partial charge in [-0.3, -0.25) is 9.35 Å². The third kappa shape index (κ3) is 6.83. The Hall–Kier alpha value is -1.48. The molecular formula is C58H88O11S. The molecule has 0 radical (unpaired) electrons. The molecular weight excluding hydrogens is 905 g/mol. The highest BCUT2D eigenvalue weighted by molar-refractivity contribution is 7.80.